The molecule has 2 heterocycles. The normalized spacial score (nSPS) is 15.2. The SMILES string of the molecule is COc1nc(Cl)nc2c1CCSC2. The van der Waals surface area contributed by atoms with Gasteiger partial charge in [0.2, 0.25) is 11.2 Å². The molecule has 0 unspecified atom stereocenters. The summed E-state index contributed by atoms with van der Waals surface area (Å²) in [5.41, 5.74) is 2.14. The number of fused-ring (bicyclic) bond motifs is 1. The van der Waals surface area contributed by atoms with Gasteiger partial charge in [-0.25, -0.2) is 4.98 Å². The maximum Gasteiger partial charge on any atom is 0.225 e. The highest BCUT2D eigenvalue weighted by Crippen LogP contribution is 2.29. The molecule has 0 spiro atoms. The molecule has 0 radical (unpaired) electrons. The summed E-state index contributed by atoms with van der Waals surface area (Å²) in [7, 11) is 1.61. The molecule has 0 N–H and O–H groups in total. The molecule has 70 valence electrons. The molecule has 0 amide bonds. The minimum Gasteiger partial charge on any atom is -0.481 e. The summed E-state index contributed by atoms with van der Waals surface area (Å²) in [5, 5.41) is 0.276. The van der Waals surface area contributed by atoms with Gasteiger partial charge in [0.05, 0.1) is 12.8 Å². The van der Waals surface area contributed by atoms with E-state index in [9.17, 15) is 0 Å². The van der Waals surface area contributed by atoms with Crippen LogP contribution in [0.4, 0.5) is 0 Å². The Morgan fingerprint density at radius 2 is 2.31 bits per heavy atom. The molecule has 5 heteroatoms. The lowest BCUT2D eigenvalue weighted by molar-refractivity contribution is 0.391. The second-order valence-electron chi connectivity index (χ2n) is 2.73. The van der Waals surface area contributed by atoms with Gasteiger partial charge in [0.25, 0.3) is 0 Å². The fraction of sp³-hybridized carbons (Fsp3) is 0.500. The van der Waals surface area contributed by atoms with Gasteiger partial charge in [-0.3, -0.25) is 0 Å². The van der Waals surface area contributed by atoms with E-state index in [2.05, 4.69) is 9.97 Å². The van der Waals surface area contributed by atoms with Gasteiger partial charge in [0.15, 0.2) is 0 Å². The molecule has 0 saturated carbocycles. The molecule has 0 aliphatic carbocycles. The van der Waals surface area contributed by atoms with Gasteiger partial charge >= 0.3 is 0 Å². The molecule has 1 aliphatic heterocycles. The number of halogens is 1. The van der Waals surface area contributed by atoms with E-state index in [0.29, 0.717) is 5.88 Å². The van der Waals surface area contributed by atoms with Crippen LogP contribution in [-0.2, 0) is 12.2 Å². The van der Waals surface area contributed by atoms with Crippen LogP contribution in [0, 0.1) is 0 Å². The molecule has 1 aliphatic rings. The minimum absolute atomic E-state index is 0.276. The van der Waals surface area contributed by atoms with Crippen LogP contribution in [0.1, 0.15) is 11.3 Å². The molecule has 13 heavy (non-hydrogen) atoms. The molecule has 0 bridgehead atoms. The average Bonchev–Trinajstić information content (AvgIpc) is 2.16. The summed E-state index contributed by atoms with van der Waals surface area (Å²) < 4.78 is 5.15. The van der Waals surface area contributed by atoms with E-state index in [0.717, 1.165) is 29.2 Å². The molecule has 1 aromatic heterocycles. The van der Waals surface area contributed by atoms with E-state index in [-0.39, 0.29) is 5.28 Å². The highest BCUT2D eigenvalue weighted by molar-refractivity contribution is 7.98. The molecule has 0 atom stereocenters. The van der Waals surface area contributed by atoms with Crippen LogP contribution in [0.2, 0.25) is 5.28 Å². The Bertz CT molecular complexity index is 315. The molecule has 0 aromatic carbocycles. The van der Waals surface area contributed by atoms with Gasteiger partial charge in [-0.15, -0.1) is 0 Å². The zero-order chi connectivity index (χ0) is 9.26. The van der Waals surface area contributed by atoms with Crippen molar-refractivity contribution in [3.05, 3.63) is 16.5 Å². The fourth-order valence-corrected chi connectivity index (χ4v) is 2.46. The third kappa shape index (κ3) is 1.74. The summed E-state index contributed by atoms with van der Waals surface area (Å²) in [6, 6.07) is 0. The predicted molar refractivity (Wildman–Crippen MR) is 53.5 cm³/mol. The first-order chi connectivity index (χ1) is 6.31. The van der Waals surface area contributed by atoms with Crippen molar-refractivity contribution in [3.63, 3.8) is 0 Å². The molecule has 0 saturated heterocycles. The molecule has 0 fully saturated rings. The molecular weight excluding hydrogens is 208 g/mol. The molecule has 3 nitrogen and oxygen atoms in total. The number of hydrogen-bond donors (Lipinski definition) is 0. The van der Waals surface area contributed by atoms with E-state index in [1.165, 1.54) is 0 Å². The number of hydrogen-bond acceptors (Lipinski definition) is 4. The average molecular weight is 217 g/mol. The Balaban J connectivity index is 2.50. The largest absolute Gasteiger partial charge is 0.481 e. The van der Waals surface area contributed by atoms with Crippen LogP contribution >= 0.6 is 23.4 Å². The Kier molecular flexibility index (Phi) is 2.60. The maximum absolute atomic E-state index is 5.75. The number of ether oxygens (including phenoxy) is 1. The minimum atomic E-state index is 0.276. The number of thioether (sulfide) groups is 1. The highest BCUT2D eigenvalue weighted by Gasteiger charge is 2.17. The first kappa shape index (κ1) is 9.09. The smallest absolute Gasteiger partial charge is 0.225 e. The number of methoxy groups -OCH3 is 1. The van der Waals surface area contributed by atoms with E-state index < -0.39 is 0 Å². The van der Waals surface area contributed by atoms with Gasteiger partial charge in [-0.1, -0.05) is 0 Å². The second kappa shape index (κ2) is 3.72. The van der Waals surface area contributed by atoms with E-state index in [4.69, 9.17) is 16.3 Å². The first-order valence-corrected chi connectivity index (χ1v) is 5.51. The lowest BCUT2D eigenvalue weighted by Crippen LogP contribution is -2.09. The maximum atomic E-state index is 5.75. The van der Waals surface area contributed by atoms with Crippen molar-refractivity contribution in [2.24, 2.45) is 0 Å². The quantitative estimate of drug-likeness (QED) is 0.672. The predicted octanol–water partition coefficient (Wildman–Crippen LogP) is 1.93. The van der Waals surface area contributed by atoms with Crippen LogP contribution in [-0.4, -0.2) is 22.8 Å². The molecule has 1 aromatic rings. The van der Waals surface area contributed by atoms with Crippen LogP contribution in [0.25, 0.3) is 0 Å². The summed E-state index contributed by atoms with van der Waals surface area (Å²) in [6.07, 6.45) is 0.973. The van der Waals surface area contributed by atoms with E-state index in [1.54, 1.807) is 7.11 Å². The Morgan fingerprint density at radius 3 is 3.08 bits per heavy atom. The lowest BCUT2D eigenvalue weighted by Gasteiger charge is -2.16. The van der Waals surface area contributed by atoms with E-state index in [1.807, 2.05) is 11.8 Å². The van der Waals surface area contributed by atoms with Gasteiger partial charge in [0.1, 0.15) is 0 Å². The summed E-state index contributed by atoms with van der Waals surface area (Å²) >= 11 is 7.61. The number of nitrogens with zero attached hydrogens (tertiary/aromatic N) is 2. The van der Waals surface area contributed by atoms with Gasteiger partial charge < -0.3 is 4.74 Å². The van der Waals surface area contributed by atoms with Crippen molar-refractivity contribution >= 4 is 23.4 Å². The summed E-state index contributed by atoms with van der Waals surface area (Å²) in [4.78, 5) is 8.20. The highest BCUT2D eigenvalue weighted by atomic mass is 35.5. The summed E-state index contributed by atoms with van der Waals surface area (Å²) in [5.74, 6) is 2.65. The third-order valence-corrected chi connectivity index (χ3v) is 3.10. The zero-order valence-corrected chi connectivity index (χ0v) is 8.78. The van der Waals surface area contributed by atoms with Crippen LogP contribution in [0.15, 0.2) is 0 Å². The van der Waals surface area contributed by atoms with Crippen LogP contribution in [0.3, 0.4) is 0 Å². The van der Waals surface area contributed by atoms with Crippen molar-refractivity contribution in [2.45, 2.75) is 12.2 Å². The van der Waals surface area contributed by atoms with Crippen LogP contribution in [0.5, 0.6) is 5.88 Å². The first-order valence-electron chi connectivity index (χ1n) is 3.98. The second-order valence-corrected chi connectivity index (χ2v) is 4.17. The molecular formula is C8H9ClN2OS. The Morgan fingerprint density at radius 1 is 1.46 bits per heavy atom. The monoisotopic (exact) mass is 216 g/mol. The van der Waals surface area contributed by atoms with E-state index >= 15 is 0 Å². The Labute approximate surface area is 85.9 Å². The number of aromatic nitrogens is 2. The van der Waals surface area contributed by atoms with Crippen molar-refractivity contribution < 1.29 is 4.74 Å². The molecule has 2 rings (SSSR count). The van der Waals surface area contributed by atoms with Crippen molar-refractivity contribution in [3.8, 4) is 5.88 Å². The zero-order valence-electron chi connectivity index (χ0n) is 7.21. The topological polar surface area (TPSA) is 35.0 Å². The number of rotatable bonds is 1. The van der Waals surface area contributed by atoms with Crippen molar-refractivity contribution in [1.82, 2.24) is 9.97 Å². The standard InChI is InChI=1S/C8H9ClN2OS/c1-12-7-5-2-3-13-4-6(5)10-8(9)11-7/h2-4H2,1H3. The lowest BCUT2D eigenvalue weighted by atomic mass is 10.2. The van der Waals surface area contributed by atoms with Crippen molar-refractivity contribution in [1.29, 1.82) is 0 Å². The van der Waals surface area contributed by atoms with Gasteiger partial charge in [-0.05, 0) is 23.8 Å². The Hall–Kier alpha value is -0.480. The third-order valence-electron chi connectivity index (χ3n) is 1.96. The fourth-order valence-electron chi connectivity index (χ4n) is 1.36. The van der Waals surface area contributed by atoms with Gasteiger partial charge in [0, 0.05) is 11.3 Å². The van der Waals surface area contributed by atoms with Crippen molar-refractivity contribution in [2.75, 3.05) is 12.9 Å². The van der Waals surface area contributed by atoms with Gasteiger partial charge in [-0.2, -0.15) is 16.7 Å². The summed E-state index contributed by atoms with van der Waals surface area (Å²) in [6.45, 7) is 0. The van der Waals surface area contributed by atoms with Crippen LogP contribution < -0.4 is 4.74 Å².